The maximum Gasteiger partial charge on any atom is 0.0618 e. The van der Waals surface area contributed by atoms with Crippen molar-refractivity contribution >= 4 is 0 Å². The summed E-state index contributed by atoms with van der Waals surface area (Å²) in [6.07, 6.45) is 7.66. The van der Waals surface area contributed by atoms with Gasteiger partial charge in [-0.15, -0.1) is 5.73 Å². The summed E-state index contributed by atoms with van der Waals surface area (Å²) in [5.74, 6) is 0. The second-order valence-corrected chi connectivity index (χ2v) is 4.53. The van der Waals surface area contributed by atoms with Crippen LogP contribution in [0.1, 0.15) is 34.6 Å². The van der Waals surface area contributed by atoms with E-state index in [1.807, 2.05) is 38.2 Å². The molecule has 0 saturated carbocycles. The van der Waals surface area contributed by atoms with E-state index in [9.17, 15) is 0 Å². The molecule has 0 unspecified atom stereocenters. The standard InChI is InChI=1S/C14H22O/c1-6-7-8-9-13(14(3,4)5)12(2)10-11-15/h6-8,10,15H,11H2,1-5H3/b7-6+,12-10-. The van der Waals surface area contributed by atoms with Crippen LogP contribution in [-0.2, 0) is 0 Å². The number of hydrogen-bond acceptors (Lipinski definition) is 1. The third-order valence-electron chi connectivity index (χ3n) is 2.06. The third kappa shape index (κ3) is 5.41. The monoisotopic (exact) mass is 206 g/mol. The smallest absolute Gasteiger partial charge is 0.0618 e. The summed E-state index contributed by atoms with van der Waals surface area (Å²) in [6, 6.07) is 0. The van der Waals surface area contributed by atoms with Crippen LogP contribution in [0.15, 0.2) is 41.2 Å². The Bertz CT molecular complexity index is 305. The second kappa shape index (κ2) is 6.44. The van der Waals surface area contributed by atoms with Gasteiger partial charge in [-0.3, -0.25) is 0 Å². The van der Waals surface area contributed by atoms with E-state index >= 15 is 0 Å². The topological polar surface area (TPSA) is 20.2 Å². The molecule has 0 rings (SSSR count). The van der Waals surface area contributed by atoms with Crippen molar-refractivity contribution in [1.29, 1.82) is 0 Å². The highest BCUT2D eigenvalue weighted by molar-refractivity contribution is 5.33. The van der Waals surface area contributed by atoms with Crippen LogP contribution in [0.5, 0.6) is 0 Å². The molecule has 0 aliphatic rings. The molecule has 1 nitrogen and oxygen atoms in total. The Balaban J connectivity index is 5.26. The van der Waals surface area contributed by atoms with Crippen LogP contribution in [0.4, 0.5) is 0 Å². The number of hydrogen-bond donors (Lipinski definition) is 1. The van der Waals surface area contributed by atoms with Gasteiger partial charge in [0, 0.05) is 5.57 Å². The lowest BCUT2D eigenvalue weighted by Crippen LogP contribution is -2.10. The molecule has 1 N–H and O–H groups in total. The summed E-state index contributed by atoms with van der Waals surface area (Å²) >= 11 is 0. The van der Waals surface area contributed by atoms with E-state index in [0.29, 0.717) is 0 Å². The fraction of sp³-hybridized carbons (Fsp3) is 0.500. The maximum absolute atomic E-state index is 8.88. The van der Waals surface area contributed by atoms with Crippen LogP contribution in [0.3, 0.4) is 0 Å². The van der Waals surface area contributed by atoms with Crippen LogP contribution >= 0.6 is 0 Å². The Hall–Kier alpha value is -1.04. The highest BCUT2D eigenvalue weighted by atomic mass is 16.2. The Morgan fingerprint density at radius 2 is 1.93 bits per heavy atom. The summed E-state index contributed by atoms with van der Waals surface area (Å²) in [5.41, 5.74) is 5.54. The van der Waals surface area contributed by atoms with Gasteiger partial charge in [-0.25, -0.2) is 0 Å². The first-order valence-corrected chi connectivity index (χ1v) is 5.30. The van der Waals surface area contributed by atoms with Gasteiger partial charge in [-0.05, 0) is 30.9 Å². The molecule has 84 valence electrons. The quantitative estimate of drug-likeness (QED) is 0.552. The zero-order valence-electron chi connectivity index (χ0n) is 10.5. The van der Waals surface area contributed by atoms with Crippen molar-refractivity contribution in [1.82, 2.24) is 0 Å². The molecule has 0 aromatic heterocycles. The van der Waals surface area contributed by atoms with Gasteiger partial charge in [0.15, 0.2) is 0 Å². The molecule has 0 spiro atoms. The van der Waals surface area contributed by atoms with Crippen LogP contribution < -0.4 is 0 Å². The summed E-state index contributed by atoms with van der Waals surface area (Å²) in [6.45, 7) is 10.5. The minimum atomic E-state index is 0.0494. The predicted octanol–water partition coefficient (Wildman–Crippen LogP) is 3.63. The van der Waals surface area contributed by atoms with Crippen LogP contribution in [0.25, 0.3) is 0 Å². The largest absolute Gasteiger partial charge is 0.392 e. The minimum absolute atomic E-state index is 0.0494. The van der Waals surface area contributed by atoms with Gasteiger partial charge in [-0.1, -0.05) is 39.0 Å². The molecular formula is C14H22O. The molecule has 0 heterocycles. The molecule has 0 atom stereocenters. The maximum atomic E-state index is 8.88. The summed E-state index contributed by atoms with van der Waals surface area (Å²) in [4.78, 5) is 0. The highest BCUT2D eigenvalue weighted by Crippen LogP contribution is 2.29. The lowest BCUT2D eigenvalue weighted by atomic mass is 9.83. The Labute approximate surface area is 93.5 Å². The zero-order chi connectivity index (χ0) is 11.9. The lowest BCUT2D eigenvalue weighted by molar-refractivity contribution is 0.341. The van der Waals surface area contributed by atoms with Gasteiger partial charge < -0.3 is 5.11 Å². The summed E-state index contributed by atoms with van der Waals surface area (Å²) in [7, 11) is 0. The van der Waals surface area contributed by atoms with Crippen LogP contribution in [0, 0.1) is 5.41 Å². The summed E-state index contributed by atoms with van der Waals surface area (Å²) in [5, 5.41) is 8.88. The minimum Gasteiger partial charge on any atom is -0.392 e. The SMILES string of the molecule is C/C=C/C=C=C(/C(C)=C\CO)C(C)(C)C. The highest BCUT2D eigenvalue weighted by Gasteiger charge is 2.17. The van der Waals surface area contributed by atoms with Crippen LogP contribution in [0.2, 0.25) is 0 Å². The zero-order valence-corrected chi connectivity index (χ0v) is 10.5. The predicted molar refractivity (Wildman–Crippen MR) is 66.7 cm³/mol. The van der Waals surface area contributed by atoms with E-state index in [1.165, 1.54) is 0 Å². The van der Waals surface area contributed by atoms with E-state index < -0.39 is 0 Å². The Kier molecular flexibility index (Phi) is 6.00. The molecule has 0 fully saturated rings. The van der Waals surface area contributed by atoms with Gasteiger partial charge in [0.1, 0.15) is 0 Å². The van der Waals surface area contributed by atoms with Gasteiger partial charge >= 0.3 is 0 Å². The fourth-order valence-electron chi connectivity index (χ4n) is 1.39. The second-order valence-electron chi connectivity index (χ2n) is 4.53. The molecule has 0 aromatic carbocycles. The van der Waals surface area contributed by atoms with Crippen molar-refractivity contribution in [3.8, 4) is 0 Å². The van der Waals surface area contributed by atoms with Gasteiger partial charge in [-0.2, -0.15) is 0 Å². The molecule has 0 aliphatic carbocycles. The van der Waals surface area contributed by atoms with E-state index in [2.05, 4.69) is 26.5 Å². The molecule has 0 saturated heterocycles. The summed E-state index contributed by atoms with van der Waals surface area (Å²) < 4.78 is 0. The number of aliphatic hydroxyl groups is 1. The average molecular weight is 206 g/mol. The Morgan fingerprint density at radius 1 is 1.33 bits per heavy atom. The number of allylic oxidation sites excluding steroid dienone is 4. The van der Waals surface area contributed by atoms with Crippen molar-refractivity contribution in [3.05, 3.63) is 41.2 Å². The fourth-order valence-corrected chi connectivity index (χ4v) is 1.39. The van der Waals surface area contributed by atoms with E-state index in [-0.39, 0.29) is 12.0 Å². The first kappa shape index (κ1) is 14.0. The molecule has 0 bridgehead atoms. The van der Waals surface area contributed by atoms with Crippen molar-refractivity contribution in [2.75, 3.05) is 6.61 Å². The van der Waals surface area contributed by atoms with E-state index in [4.69, 9.17) is 5.11 Å². The molecule has 15 heavy (non-hydrogen) atoms. The van der Waals surface area contributed by atoms with Crippen molar-refractivity contribution < 1.29 is 5.11 Å². The van der Waals surface area contributed by atoms with Crippen molar-refractivity contribution in [2.24, 2.45) is 5.41 Å². The average Bonchev–Trinajstić information content (AvgIpc) is 2.10. The van der Waals surface area contributed by atoms with Gasteiger partial charge in [0.2, 0.25) is 0 Å². The molecule has 0 aromatic rings. The molecule has 1 heteroatoms. The van der Waals surface area contributed by atoms with E-state index in [0.717, 1.165) is 11.1 Å². The van der Waals surface area contributed by atoms with Gasteiger partial charge in [0.25, 0.3) is 0 Å². The normalized spacial score (nSPS) is 12.8. The Morgan fingerprint density at radius 3 is 2.33 bits per heavy atom. The molecule has 0 radical (unpaired) electrons. The molecule has 0 aliphatic heterocycles. The first-order chi connectivity index (χ1) is 6.93. The van der Waals surface area contributed by atoms with Crippen molar-refractivity contribution in [2.45, 2.75) is 34.6 Å². The van der Waals surface area contributed by atoms with Crippen LogP contribution in [-0.4, -0.2) is 11.7 Å². The van der Waals surface area contributed by atoms with Gasteiger partial charge in [0.05, 0.1) is 6.61 Å². The number of aliphatic hydroxyl groups excluding tert-OH is 1. The van der Waals surface area contributed by atoms with Crippen molar-refractivity contribution in [3.63, 3.8) is 0 Å². The lowest BCUT2D eigenvalue weighted by Gasteiger charge is -2.21. The first-order valence-electron chi connectivity index (χ1n) is 5.30. The van der Waals surface area contributed by atoms with E-state index in [1.54, 1.807) is 0 Å². The molecule has 0 amide bonds. The third-order valence-corrected chi connectivity index (χ3v) is 2.06. The number of rotatable bonds is 3. The molecular weight excluding hydrogens is 184 g/mol.